The third-order valence-corrected chi connectivity index (χ3v) is 3.80. The first-order chi connectivity index (χ1) is 12.7. The lowest BCUT2D eigenvalue weighted by Gasteiger charge is -2.11. The molecule has 0 aliphatic rings. The SMILES string of the molecule is COCc1ccccc1NC(N)=NCCNc1ncnc2c1cnn2C.I. The predicted octanol–water partition coefficient (Wildman–Crippen LogP) is 1.97. The van der Waals surface area contributed by atoms with Crippen molar-refractivity contribution in [3.8, 4) is 0 Å². The molecule has 27 heavy (non-hydrogen) atoms. The summed E-state index contributed by atoms with van der Waals surface area (Å²) in [5, 5.41) is 11.4. The Morgan fingerprint density at radius 1 is 1.30 bits per heavy atom. The van der Waals surface area contributed by atoms with Crippen LogP contribution < -0.4 is 16.4 Å². The number of aromatic nitrogens is 4. The van der Waals surface area contributed by atoms with E-state index in [-0.39, 0.29) is 24.0 Å². The van der Waals surface area contributed by atoms with Crippen molar-refractivity contribution in [2.24, 2.45) is 17.8 Å². The minimum Gasteiger partial charge on any atom is -0.380 e. The fourth-order valence-electron chi connectivity index (χ4n) is 2.55. The van der Waals surface area contributed by atoms with Crippen molar-refractivity contribution >= 4 is 52.5 Å². The van der Waals surface area contributed by atoms with Gasteiger partial charge in [-0.05, 0) is 6.07 Å². The smallest absolute Gasteiger partial charge is 0.193 e. The standard InChI is InChI=1S/C17H22N8O.HI/c1-25-16-13(9-23-25)15(21-11-22-16)19-7-8-20-17(18)24-14-6-4-3-5-12(14)10-26-2;/h3-6,9,11H,7-8,10H2,1-2H3,(H3,18,20,24)(H,19,21,22);1H. The molecule has 0 amide bonds. The zero-order valence-corrected chi connectivity index (χ0v) is 17.5. The van der Waals surface area contributed by atoms with Gasteiger partial charge in [-0.15, -0.1) is 24.0 Å². The van der Waals surface area contributed by atoms with Crippen molar-refractivity contribution in [1.29, 1.82) is 0 Å². The molecule has 0 spiro atoms. The number of nitrogens with two attached hydrogens (primary N) is 1. The molecule has 9 nitrogen and oxygen atoms in total. The molecule has 1 aromatic carbocycles. The topological polar surface area (TPSA) is 115 Å². The lowest BCUT2D eigenvalue weighted by molar-refractivity contribution is 0.185. The van der Waals surface area contributed by atoms with Gasteiger partial charge in [-0.1, -0.05) is 18.2 Å². The molecule has 144 valence electrons. The average Bonchev–Trinajstić information content (AvgIpc) is 3.03. The number of aryl methyl sites for hydroxylation is 1. The second-order valence-corrected chi connectivity index (χ2v) is 5.64. The number of anilines is 2. The van der Waals surface area contributed by atoms with Crippen molar-refractivity contribution < 1.29 is 4.74 Å². The lowest BCUT2D eigenvalue weighted by Crippen LogP contribution is -2.24. The Hall–Kier alpha value is -2.47. The molecule has 0 unspecified atom stereocenters. The number of hydrogen-bond acceptors (Lipinski definition) is 6. The van der Waals surface area contributed by atoms with Gasteiger partial charge in [0.15, 0.2) is 11.6 Å². The highest BCUT2D eigenvalue weighted by Crippen LogP contribution is 2.17. The number of halogens is 1. The molecule has 0 saturated carbocycles. The van der Waals surface area contributed by atoms with Crippen LogP contribution in [0.15, 0.2) is 41.8 Å². The maximum absolute atomic E-state index is 5.98. The predicted molar refractivity (Wildman–Crippen MR) is 117 cm³/mol. The van der Waals surface area contributed by atoms with E-state index < -0.39 is 0 Å². The Kier molecular flexibility index (Phi) is 7.73. The van der Waals surface area contributed by atoms with Gasteiger partial charge in [-0.25, -0.2) is 9.97 Å². The first-order valence-corrected chi connectivity index (χ1v) is 8.19. The monoisotopic (exact) mass is 482 g/mol. The zero-order chi connectivity index (χ0) is 18.4. The van der Waals surface area contributed by atoms with Gasteiger partial charge in [0.05, 0.1) is 24.7 Å². The molecule has 10 heteroatoms. The number of benzene rings is 1. The molecule has 0 atom stereocenters. The van der Waals surface area contributed by atoms with E-state index in [4.69, 9.17) is 10.5 Å². The summed E-state index contributed by atoms with van der Waals surface area (Å²) < 4.78 is 6.89. The number of nitrogens with one attached hydrogen (secondary N) is 2. The number of aliphatic imine (C=N–C) groups is 1. The Labute approximate surface area is 174 Å². The molecule has 2 aromatic heterocycles. The van der Waals surface area contributed by atoms with Gasteiger partial charge in [0.25, 0.3) is 0 Å². The van der Waals surface area contributed by atoms with Gasteiger partial charge in [0.2, 0.25) is 0 Å². The molecular formula is C17H23IN8O. The van der Waals surface area contributed by atoms with Crippen LogP contribution in [-0.4, -0.2) is 45.9 Å². The van der Waals surface area contributed by atoms with Crippen LogP contribution in [0.3, 0.4) is 0 Å². The third-order valence-electron chi connectivity index (χ3n) is 3.80. The molecule has 0 aliphatic heterocycles. The van der Waals surface area contributed by atoms with Crippen molar-refractivity contribution in [1.82, 2.24) is 19.7 Å². The van der Waals surface area contributed by atoms with Gasteiger partial charge >= 0.3 is 0 Å². The summed E-state index contributed by atoms with van der Waals surface area (Å²) in [4.78, 5) is 12.8. The fraction of sp³-hybridized carbons (Fsp3) is 0.294. The van der Waals surface area contributed by atoms with Crippen LogP contribution in [0.1, 0.15) is 5.56 Å². The molecule has 3 rings (SSSR count). The highest BCUT2D eigenvalue weighted by atomic mass is 127. The van der Waals surface area contributed by atoms with Gasteiger partial charge in [-0.3, -0.25) is 9.67 Å². The summed E-state index contributed by atoms with van der Waals surface area (Å²) >= 11 is 0. The normalized spacial score (nSPS) is 11.3. The van der Waals surface area contributed by atoms with Crippen LogP contribution in [0, 0.1) is 0 Å². The number of ether oxygens (including phenoxy) is 1. The highest BCUT2D eigenvalue weighted by Gasteiger charge is 2.07. The number of para-hydroxylation sites is 1. The van der Waals surface area contributed by atoms with Crippen LogP contribution in [0.2, 0.25) is 0 Å². The van der Waals surface area contributed by atoms with Gasteiger partial charge in [0.1, 0.15) is 12.1 Å². The molecule has 0 radical (unpaired) electrons. The Balaban J connectivity index is 0.00000261. The van der Waals surface area contributed by atoms with E-state index in [1.807, 2.05) is 31.3 Å². The maximum atomic E-state index is 5.98. The molecule has 0 saturated heterocycles. The lowest BCUT2D eigenvalue weighted by atomic mass is 10.2. The number of fused-ring (bicyclic) bond motifs is 1. The number of rotatable bonds is 7. The Bertz CT molecular complexity index is 911. The minimum absolute atomic E-state index is 0. The van der Waals surface area contributed by atoms with E-state index in [0.29, 0.717) is 25.7 Å². The number of guanidine groups is 1. The van der Waals surface area contributed by atoms with E-state index in [1.54, 1.807) is 18.0 Å². The van der Waals surface area contributed by atoms with Crippen molar-refractivity contribution in [3.05, 3.63) is 42.4 Å². The Morgan fingerprint density at radius 3 is 2.93 bits per heavy atom. The summed E-state index contributed by atoms with van der Waals surface area (Å²) in [5.74, 6) is 1.08. The maximum Gasteiger partial charge on any atom is 0.193 e. The minimum atomic E-state index is 0. The van der Waals surface area contributed by atoms with Crippen LogP contribution >= 0.6 is 24.0 Å². The van der Waals surface area contributed by atoms with E-state index >= 15 is 0 Å². The molecule has 2 heterocycles. The van der Waals surface area contributed by atoms with Gasteiger partial charge < -0.3 is 21.1 Å². The van der Waals surface area contributed by atoms with Gasteiger partial charge in [0, 0.05) is 32.0 Å². The second-order valence-electron chi connectivity index (χ2n) is 5.64. The van der Waals surface area contributed by atoms with Gasteiger partial charge in [-0.2, -0.15) is 5.10 Å². The molecule has 4 N–H and O–H groups in total. The summed E-state index contributed by atoms with van der Waals surface area (Å²) in [7, 11) is 3.50. The van der Waals surface area contributed by atoms with E-state index in [2.05, 4.69) is 30.7 Å². The van der Waals surface area contributed by atoms with Crippen molar-refractivity contribution in [2.45, 2.75) is 6.61 Å². The fourth-order valence-corrected chi connectivity index (χ4v) is 2.55. The van der Waals surface area contributed by atoms with Crippen molar-refractivity contribution in [2.75, 3.05) is 30.8 Å². The summed E-state index contributed by atoms with van der Waals surface area (Å²) in [6.45, 7) is 1.59. The number of hydrogen-bond donors (Lipinski definition) is 3. The quantitative estimate of drug-likeness (QED) is 0.204. The molecule has 3 aromatic rings. The second kappa shape index (κ2) is 10.0. The van der Waals surface area contributed by atoms with Crippen LogP contribution in [0.4, 0.5) is 11.5 Å². The third kappa shape index (κ3) is 5.26. The van der Waals surface area contributed by atoms with Crippen LogP contribution in [0.25, 0.3) is 11.0 Å². The summed E-state index contributed by atoms with van der Waals surface area (Å²) in [6.07, 6.45) is 3.25. The van der Waals surface area contributed by atoms with E-state index in [0.717, 1.165) is 28.1 Å². The molecular weight excluding hydrogens is 459 g/mol. The van der Waals surface area contributed by atoms with E-state index in [9.17, 15) is 0 Å². The average molecular weight is 482 g/mol. The molecule has 0 bridgehead atoms. The van der Waals surface area contributed by atoms with Crippen LogP contribution in [0.5, 0.6) is 0 Å². The number of nitrogens with zero attached hydrogens (tertiary/aromatic N) is 5. The largest absolute Gasteiger partial charge is 0.380 e. The van der Waals surface area contributed by atoms with E-state index in [1.165, 1.54) is 6.33 Å². The zero-order valence-electron chi connectivity index (χ0n) is 15.2. The number of methoxy groups -OCH3 is 1. The molecule has 0 aliphatic carbocycles. The summed E-state index contributed by atoms with van der Waals surface area (Å²) in [5.41, 5.74) is 8.66. The summed E-state index contributed by atoms with van der Waals surface area (Å²) in [6, 6.07) is 7.81. The Morgan fingerprint density at radius 2 is 2.11 bits per heavy atom. The first-order valence-electron chi connectivity index (χ1n) is 8.19. The molecule has 0 fully saturated rings. The van der Waals surface area contributed by atoms with Crippen LogP contribution in [-0.2, 0) is 18.4 Å². The first kappa shape index (κ1) is 20.8. The highest BCUT2D eigenvalue weighted by molar-refractivity contribution is 14.0. The van der Waals surface area contributed by atoms with Crippen molar-refractivity contribution in [3.63, 3.8) is 0 Å².